The van der Waals surface area contributed by atoms with E-state index in [1.807, 2.05) is 6.92 Å². The third kappa shape index (κ3) is 4.26. The summed E-state index contributed by atoms with van der Waals surface area (Å²) in [7, 11) is 0. The highest BCUT2D eigenvalue weighted by molar-refractivity contribution is 5.89. The lowest BCUT2D eigenvalue weighted by Crippen LogP contribution is -2.08. The van der Waals surface area contributed by atoms with E-state index >= 15 is 0 Å². The Bertz CT molecular complexity index is 381. The highest BCUT2D eigenvalue weighted by Gasteiger charge is 2.07. The first-order valence-corrected chi connectivity index (χ1v) is 5.45. The van der Waals surface area contributed by atoms with Crippen molar-refractivity contribution in [1.82, 2.24) is 0 Å². The number of ether oxygens (including phenoxy) is 2. The van der Waals surface area contributed by atoms with E-state index in [1.165, 1.54) is 6.42 Å². The molecule has 4 nitrogen and oxygen atoms in total. The van der Waals surface area contributed by atoms with E-state index in [0.29, 0.717) is 17.9 Å². The maximum Gasteiger partial charge on any atom is 0.338 e. The molecule has 1 aromatic carbocycles. The second-order valence-electron chi connectivity index (χ2n) is 3.37. The van der Waals surface area contributed by atoms with Crippen LogP contribution in [0.25, 0.3) is 0 Å². The van der Waals surface area contributed by atoms with E-state index in [9.17, 15) is 9.59 Å². The Morgan fingerprint density at radius 3 is 2.41 bits per heavy atom. The third-order valence-electron chi connectivity index (χ3n) is 1.98. The van der Waals surface area contributed by atoms with Crippen molar-refractivity contribution in [1.29, 1.82) is 0 Å². The first kappa shape index (κ1) is 13.2. The van der Waals surface area contributed by atoms with Crippen LogP contribution in [0.2, 0.25) is 0 Å². The van der Waals surface area contributed by atoms with E-state index in [-0.39, 0.29) is 5.97 Å². The van der Waals surface area contributed by atoms with Crippen LogP contribution in [0.5, 0.6) is 5.75 Å². The minimum Gasteiger partial charge on any atom is -0.462 e. The van der Waals surface area contributed by atoms with Gasteiger partial charge >= 0.3 is 11.9 Å². The van der Waals surface area contributed by atoms with Gasteiger partial charge in [0.15, 0.2) is 0 Å². The van der Waals surface area contributed by atoms with Crippen molar-refractivity contribution in [3.63, 3.8) is 0 Å². The predicted octanol–water partition coefficient (Wildman–Crippen LogP) is 2.38. The topological polar surface area (TPSA) is 52.6 Å². The lowest BCUT2D eigenvalue weighted by atomic mass is 10.2. The number of hydrogen-bond donors (Lipinski definition) is 0. The summed E-state index contributed by atoms with van der Waals surface area (Å²) in [6.07, 6.45) is 2.11. The van der Waals surface area contributed by atoms with Gasteiger partial charge in [-0.2, -0.15) is 0 Å². The standard InChI is InChI=1S/C13H15O4/c1-3-9-16-13(15)10-5-7-11(8-6-10)17-12(14)4-2/h4-8H,3,9H2,1-2H3. The Labute approximate surface area is 101 Å². The Balaban J connectivity index is 2.61. The molecule has 0 amide bonds. The summed E-state index contributed by atoms with van der Waals surface area (Å²) in [6.45, 7) is 3.93. The summed E-state index contributed by atoms with van der Waals surface area (Å²) in [4.78, 5) is 22.4. The van der Waals surface area contributed by atoms with Crippen molar-refractivity contribution in [3.8, 4) is 5.75 Å². The summed E-state index contributed by atoms with van der Waals surface area (Å²) in [5.74, 6) is -0.391. The van der Waals surface area contributed by atoms with Gasteiger partial charge in [-0.3, -0.25) is 4.79 Å². The highest BCUT2D eigenvalue weighted by atomic mass is 16.5. The monoisotopic (exact) mass is 235 g/mol. The summed E-state index contributed by atoms with van der Waals surface area (Å²) < 4.78 is 9.90. The minimum absolute atomic E-state index is 0.369. The normalized spacial score (nSPS) is 9.76. The second-order valence-corrected chi connectivity index (χ2v) is 3.37. The van der Waals surface area contributed by atoms with E-state index in [2.05, 4.69) is 0 Å². The first-order chi connectivity index (χ1) is 8.17. The molecule has 0 aliphatic rings. The van der Waals surface area contributed by atoms with Crippen LogP contribution in [-0.2, 0) is 9.53 Å². The molecule has 0 atom stereocenters. The van der Waals surface area contributed by atoms with Crippen LogP contribution in [0.1, 0.15) is 30.6 Å². The summed E-state index contributed by atoms with van der Waals surface area (Å²) in [5, 5.41) is 0. The van der Waals surface area contributed by atoms with Crippen LogP contribution in [0.3, 0.4) is 0 Å². The SMILES string of the molecule is C[CH]C(=O)Oc1ccc(C(=O)OCCC)cc1. The number of hydrogen-bond acceptors (Lipinski definition) is 4. The molecule has 4 heteroatoms. The maximum atomic E-state index is 11.5. The summed E-state index contributed by atoms with van der Waals surface area (Å²) in [5.41, 5.74) is 0.443. The van der Waals surface area contributed by atoms with Crippen molar-refractivity contribution >= 4 is 11.9 Å². The fourth-order valence-electron chi connectivity index (χ4n) is 1.11. The van der Waals surface area contributed by atoms with Crippen LogP contribution in [0, 0.1) is 6.42 Å². The third-order valence-corrected chi connectivity index (χ3v) is 1.98. The van der Waals surface area contributed by atoms with E-state index in [1.54, 1.807) is 31.2 Å². The summed E-state index contributed by atoms with van der Waals surface area (Å²) >= 11 is 0. The molecule has 1 rings (SSSR count). The molecule has 0 N–H and O–H groups in total. The lowest BCUT2D eigenvalue weighted by Gasteiger charge is -2.05. The fraction of sp³-hybridized carbons (Fsp3) is 0.308. The molecule has 91 valence electrons. The molecule has 0 aromatic heterocycles. The van der Waals surface area contributed by atoms with Crippen molar-refractivity contribution in [3.05, 3.63) is 36.2 Å². The molecular formula is C13H15O4. The molecule has 0 aliphatic carbocycles. The molecule has 0 aliphatic heterocycles. The molecule has 0 saturated heterocycles. The van der Waals surface area contributed by atoms with Gasteiger partial charge in [-0.25, -0.2) is 4.79 Å². The average Bonchev–Trinajstić information content (AvgIpc) is 2.36. The van der Waals surface area contributed by atoms with Crippen molar-refractivity contribution in [2.24, 2.45) is 0 Å². The van der Waals surface area contributed by atoms with Gasteiger partial charge in [0.05, 0.1) is 18.6 Å². The molecule has 0 fully saturated rings. The Morgan fingerprint density at radius 2 is 1.88 bits per heavy atom. The van der Waals surface area contributed by atoms with Crippen molar-refractivity contribution < 1.29 is 19.1 Å². The number of rotatable bonds is 5. The Hall–Kier alpha value is -1.84. The van der Waals surface area contributed by atoms with Gasteiger partial charge in [0.2, 0.25) is 0 Å². The quantitative estimate of drug-likeness (QED) is 0.580. The van der Waals surface area contributed by atoms with Gasteiger partial charge in [-0.05, 0) is 30.7 Å². The molecule has 0 spiro atoms. The zero-order valence-corrected chi connectivity index (χ0v) is 9.93. The van der Waals surface area contributed by atoms with Gasteiger partial charge in [-0.1, -0.05) is 13.8 Å². The number of carbonyl (C=O) groups is 2. The van der Waals surface area contributed by atoms with Crippen LogP contribution < -0.4 is 4.74 Å². The zero-order chi connectivity index (χ0) is 12.7. The van der Waals surface area contributed by atoms with Gasteiger partial charge in [0.25, 0.3) is 0 Å². The largest absolute Gasteiger partial charge is 0.462 e. The van der Waals surface area contributed by atoms with Gasteiger partial charge in [-0.15, -0.1) is 0 Å². The average molecular weight is 235 g/mol. The Morgan fingerprint density at radius 1 is 1.24 bits per heavy atom. The molecular weight excluding hydrogens is 220 g/mol. The molecule has 1 aromatic rings. The van der Waals surface area contributed by atoms with Crippen molar-refractivity contribution in [2.75, 3.05) is 6.61 Å². The van der Waals surface area contributed by atoms with Crippen molar-refractivity contribution in [2.45, 2.75) is 20.3 Å². The van der Waals surface area contributed by atoms with E-state index in [0.717, 1.165) is 6.42 Å². The minimum atomic E-state index is -0.425. The molecule has 0 heterocycles. The van der Waals surface area contributed by atoms with Crippen LogP contribution in [-0.4, -0.2) is 18.5 Å². The zero-order valence-electron chi connectivity index (χ0n) is 9.93. The van der Waals surface area contributed by atoms with Crippen LogP contribution >= 0.6 is 0 Å². The first-order valence-electron chi connectivity index (χ1n) is 5.45. The molecule has 17 heavy (non-hydrogen) atoms. The van der Waals surface area contributed by atoms with Gasteiger partial charge in [0.1, 0.15) is 5.75 Å². The second kappa shape index (κ2) is 6.68. The predicted molar refractivity (Wildman–Crippen MR) is 62.6 cm³/mol. The van der Waals surface area contributed by atoms with Crippen LogP contribution in [0.15, 0.2) is 24.3 Å². The number of esters is 2. The smallest absolute Gasteiger partial charge is 0.338 e. The number of benzene rings is 1. The molecule has 0 saturated carbocycles. The van der Waals surface area contributed by atoms with Gasteiger partial charge < -0.3 is 9.47 Å². The van der Waals surface area contributed by atoms with E-state index < -0.39 is 5.97 Å². The lowest BCUT2D eigenvalue weighted by molar-refractivity contribution is -0.130. The van der Waals surface area contributed by atoms with Crippen LogP contribution in [0.4, 0.5) is 0 Å². The van der Waals surface area contributed by atoms with E-state index in [4.69, 9.17) is 9.47 Å². The molecule has 1 radical (unpaired) electrons. The Kier molecular flexibility index (Phi) is 5.20. The maximum absolute atomic E-state index is 11.5. The highest BCUT2D eigenvalue weighted by Crippen LogP contribution is 2.13. The molecule has 0 bridgehead atoms. The number of carbonyl (C=O) groups excluding carboxylic acids is 2. The summed E-state index contributed by atoms with van der Waals surface area (Å²) in [6, 6.07) is 6.25. The fourth-order valence-corrected chi connectivity index (χ4v) is 1.11. The molecule has 0 unspecified atom stereocenters. The van der Waals surface area contributed by atoms with Gasteiger partial charge in [0, 0.05) is 0 Å².